The molecule has 180 valence electrons. The Morgan fingerprint density at radius 2 is 1.91 bits per heavy atom. The van der Waals surface area contributed by atoms with Crippen LogP contribution in [0.1, 0.15) is 24.3 Å². The number of hydrogen-bond acceptors (Lipinski definition) is 7. The summed E-state index contributed by atoms with van der Waals surface area (Å²) < 4.78 is 32.9. The Kier molecular flexibility index (Phi) is 6.99. The Morgan fingerprint density at radius 3 is 2.58 bits per heavy atom. The van der Waals surface area contributed by atoms with Gasteiger partial charge in [-0.15, -0.1) is 0 Å². The van der Waals surface area contributed by atoms with Crippen LogP contribution in [-0.4, -0.2) is 75.0 Å². The van der Waals surface area contributed by atoms with Crippen LogP contribution in [-0.2, 0) is 14.8 Å². The topological polar surface area (TPSA) is 99.0 Å². The zero-order chi connectivity index (χ0) is 23.8. The van der Waals surface area contributed by atoms with Crippen LogP contribution in [0.2, 0.25) is 5.02 Å². The van der Waals surface area contributed by atoms with E-state index < -0.39 is 15.9 Å². The molecule has 2 aliphatic rings. The van der Waals surface area contributed by atoms with E-state index in [2.05, 4.69) is 27.3 Å². The summed E-state index contributed by atoms with van der Waals surface area (Å²) in [6, 6.07) is 5.51. The van der Waals surface area contributed by atoms with Crippen molar-refractivity contribution in [3.63, 3.8) is 0 Å². The lowest BCUT2D eigenvalue weighted by molar-refractivity contribution is -0.120. The van der Waals surface area contributed by atoms with E-state index in [1.807, 2.05) is 12.1 Å². The van der Waals surface area contributed by atoms with Crippen molar-refractivity contribution in [2.24, 2.45) is 5.92 Å². The van der Waals surface area contributed by atoms with Gasteiger partial charge in [-0.2, -0.15) is 4.31 Å². The van der Waals surface area contributed by atoms with Crippen molar-refractivity contribution in [1.82, 2.24) is 14.4 Å². The Bertz CT molecular complexity index is 1110. The number of anilines is 2. The Balaban J connectivity index is 1.51. The van der Waals surface area contributed by atoms with Gasteiger partial charge in [0.05, 0.1) is 17.3 Å². The fourth-order valence-electron chi connectivity index (χ4n) is 4.51. The molecule has 1 unspecified atom stereocenters. The Hall–Kier alpha value is -2.14. The van der Waals surface area contributed by atoms with E-state index in [9.17, 15) is 13.2 Å². The Morgan fingerprint density at radius 1 is 1.18 bits per heavy atom. The van der Waals surface area contributed by atoms with Crippen LogP contribution >= 0.6 is 11.6 Å². The molecule has 4 rings (SSSR count). The largest absolute Gasteiger partial charge is 0.367 e. The zero-order valence-corrected chi connectivity index (χ0v) is 20.7. The van der Waals surface area contributed by atoms with E-state index in [-0.39, 0.29) is 23.1 Å². The van der Waals surface area contributed by atoms with Crippen molar-refractivity contribution >= 4 is 38.9 Å². The number of benzene rings is 1. The van der Waals surface area contributed by atoms with Gasteiger partial charge < -0.3 is 19.6 Å². The third kappa shape index (κ3) is 5.03. The second-order valence-electron chi connectivity index (χ2n) is 8.80. The molecule has 1 aromatic heterocycles. The molecule has 0 radical (unpaired) electrons. The zero-order valence-electron chi connectivity index (χ0n) is 19.2. The van der Waals surface area contributed by atoms with Crippen molar-refractivity contribution in [2.45, 2.75) is 31.6 Å². The van der Waals surface area contributed by atoms with Gasteiger partial charge in [0.25, 0.3) is 0 Å². The van der Waals surface area contributed by atoms with Gasteiger partial charge in [-0.05, 0) is 51.9 Å². The van der Waals surface area contributed by atoms with Crippen molar-refractivity contribution < 1.29 is 17.7 Å². The van der Waals surface area contributed by atoms with Crippen molar-refractivity contribution in [1.29, 1.82) is 0 Å². The van der Waals surface area contributed by atoms with Gasteiger partial charge in [0, 0.05) is 44.3 Å². The molecule has 0 bridgehead atoms. The molecule has 3 heterocycles. The first-order chi connectivity index (χ1) is 15.7. The van der Waals surface area contributed by atoms with Crippen LogP contribution in [0.25, 0.3) is 0 Å². The number of amides is 1. The highest BCUT2D eigenvalue weighted by atomic mass is 35.5. The molecule has 1 N–H and O–H groups in total. The molecule has 1 atom stereocenters. The quantitative estimate of drug-likeness (QED) is 0.680. The summed E-state index contributed by atoms with van der Waals surface area (Å²) in [5.41, 5.74) is 1.91. The number of rotatable bonds is 5. The first kappa shape index (κ1) is 24.0. The first-order valence-corrected chi connectivity index (χ1v) is 13.0. The minimum atomic E-state index is -3.79. The summed E-state index contributed by atoms with van der Waals surface area (Å²) in [6.07, 6.45) is 1.21. The lowest BCUT2D eigenvalue weighted by Gasteiger charge is -2.35. The lowest BCUT2D eigenvalue weighted by Crippen LogP contribution is -2.45. The number of carbonyl (C=O) groups excluding carboxylic acids is 1. The predicted molar refractivity (Wildman–Crippen MR) is 127 cm³/mol. The molecule has 0 aliphatic carbocycles. The molecule has 1 amide bonds. The van der Waals surface area contributed by atoms with Gasteiger partial charge in [0.2, 0.25) is 15.9 Å². The van der Waals surface area contributed by atoms with Crippen molar-refractivity contribution in [3.8, 4) is 0 Å². The smallest absolute Gasteiger partial charge is 0.248 e. The van der Waals surface area contributed by atoms with Crippen LogP contribution in [0.4, 0.5) is 11.4 Å². The number of piperazine rings is 1. The molecule has 2 aliphatic heterocycles. The third-order valence-corrected chi connectivity index (χ3v) is 8.73. The molecular formula is C22H30ClN5O4S. The van der Waals surface area contributed by atoms with Crippen LogP contribution in [0.15, 0.2) is 27.6 Å². The van der Waals surface area contributed by atoms with Crippen LogP contribution in [0.3, 0.4) is 0 Å². The fourth-order valence-corrected chi connectivity index (χ4v) is 6.50. The minimum absolute atomic E-state index is 0.0933. The normalized spacial score (nSPS) is 20.7. The number of piperidine rings is 1. The van der Waals surface area contributed by atoms with E-state index >= 15 is 0 Å². The predicted octanol–water partition coefficient (Wildman–Crippen LogP) is 2.74. The van der Waals surface area contributed by atoms with Crippen molar-refractivity contribution in [3.05, 3.63) is 34.7 Å². The summed E-state index contributed by atoms with van der Waals surface area (Å²) in [7, 11) is -1.70. The SMILES string of the molecule is Cc1noc(C)c1S(=O)(=O)N1CCCC(C(=O)Nc2cc(Cl)ccc2N2CCN(C)CC2)C1. The van der Waals surface area contributed by atoms with E-state index in [1.165, 1.54) is 4.31 Å². The number of aromatic nitrogens is 1. The van der Waals surface area contributed by atoms with Gasteiger partial charge in [-0.25, -0.2) is 8.42 Å². The molecule has 0 saturated carbocycles. The third-order valence-electron chi connectivity index (χ3n) is 6.38. The average Bonchev–Trinajstić information content (AvgIpc) is 3.13. The van der Waals surface area contributed by atoms with Gasteiger partial charge in [-0.1, -0.05) is 16.8 Å². The van der Waals surface area contributed by atoms with Crippen LogP contribution in [0, 0.1) is 19.8 Å². The maximum atomic E-state index is 13.2. The summed E-state index contributed by atoms with van der Waals surface area (Å²) in [4.78, 5) is 17.8. The molecule has 2 saturated heterocycles. The molecule has 0 spiro atoms. The minimum Gasteiger partial charge on any atom is -0.367 e. The molecule has 1 aromatic carbocycles. The molecule has 9 nitrogen and oxygen atoms in total. The van der Waals surface area contributed by atoms with E-state index in [1.54, 1.807) is 19.9 Å². The second-order valence-corrected chi connectivity index (χ2v) is 11.1. The summed E-state index contributed by atoms with van der Waals surface area (Å²) in [6.45, 7) is 7.25. The van der Waals surface area contributed by atoms with Crippen LogP contribution < -0.4 is 10.2 Å². The summed E-state index contributed by atoms with van der Waals surface area (Å²) in [5, 5.41) is 7.34. The Labute approximate surface area is 199 Å². The van der Waals surface area contributed by atoms with Crippen LogP contribution in [0.5, 0.6) is 0 Å². The molecule has 33 heavy (non-hydrogen) atoms. The maximum Gasteiger partial charge on any atom is 0.248 e. The maximum absolute atomic E-state index is 13.2. The number of nitrogens with one attached hydrogen (secondary N) is 1. The summed E-state index contributed by atoms with van der Waals surface area (Å²) >= 11 is 6.24. The lowest BCUT2D eigenvalue weighted by atomic mass is 9.98. The van der Waals surface area contributed by atoms with Gasteiger partial charge in [-0.3, -0.25) is 4.79 Å². The monoisotopic (exact) mass is 495 g/mol. The summed E-state index contributed by atoms with van der Waals surface area (Å²) in [5.74, 6) is -0.408. The van der Waals surface area contributed by atoms with Gasteiger partial charge in [0.15, 0.2) is 5.76 Å². The standard InChI is InChI=1S/C22H30ClN5O4S/c1-15-21(16(2)32-25-15)33(30,31)28-8-4-5-17(14-28)22(29)24-19-13-18(23)6-7-20(19)27-11-9-26(3)10-12-27/h6-7,13,17H,4-5,8-12,14H2,1-3H3,(H,24,29). The number of nitrogens with zero attached hydrogens (tertiary/aromatic N) is 4. The van der Waals surface area contributed by atoms with E-state index in [0.717, 1.165) is 31.9 Å². The van der Waals surface area contributed by atoms with Gasteiger partial charge >= 0.3 is 0 Å². The molecule has 2 aromatic rings. The highest BCUT2D eigenvalue weighted by molar-refractivity contribution is 7.89. The average molecular weight is 496 g/mol. The number of halogens is 1. The van der Waals surface area contributed by atoms with Crippen molar-refractivity contribution in [2.75, 3.05) is 56.5 Å². The number of sulfonamides is 1. The second kappa shape index (κ2) is 9.61. The van der Waals surface area contributed by atoms with E-state index in [4.69, 9.17) is 16.1 Å². The van der Waals surface area contributed by atoms with Gasteiger partial charge in [0.1, 0.15) is 10.6 Å². The molecule has 2 fully saturated rings. The first-order valence-electron chi connectivity index (χ1n) is 11.1. The molecular weight excluding hydrogens is 466 g/mol. The highest BCUT2D eigenvalue weighted by Gasteiger charge is 2.36. The molecule has 11 heteroatoms. The number of hydrogen-bond donors (Lipinski definition) is 1. The number of carbonyl (C=O) groups is 1. The fraction of sp³-hybridized carbons (Fsp3) is 0.545. The highest BCUT2D eigenvalue weighted by Crippen LogP contribution is 2.32. The van der Waals surface area contributed by atoms with E-state index in [0.29, 0.717) is 35.8 Å². The number of likely N-dealkylation sites (N-methyl/N-ethyl adjacent to an activating group) is 1. The number of aryl methyl sites for hydroxylation is 2.